The summed E-state index contributed by atoms with van der Waals surface area (Å²) in [5.74, 6) is 0. The molecule has 0 bridgehead atoms. The molecular weight excluding hydrogens is 554 g/mol. The lowest BCUT2D eigenvalue weighted by molar-refractivity contribution is 0.178. The Hall–Kier alpha value is -3.30. The molecule has 2 atom stereocenters. The Kier molecular flexibility index (Phi) is 8.99. The van der Waals surface area contributed by atoms with Crippen LogP contribution in [0.5, 0.6) is 0 Å². The third kappa shape index (κ3) is 5.94. The summed E-state index contributed by atoms with van der Waals surface area (Å²) >= 11 is 0. The Balaban J connectivity index is 1.53. The molecule has 1 aliphatic rings. The lowest BCUT2D eigenvalue weighted by atomic mass is 9.87. The maximum Gasteiger partial charge on any atom is 0.261 e. The lowest BCUT2D eigenvalue weighted by Gasteiger charge is -2.46. The summed E-state index contributed by atoms with van der Waals surface area (Å²) in [5, 5.41) is 3.69. The van der Waals surface area contributed by atoms with Crippen molar-refractivity contribution in [2.45, 2.75) is 50.9 Å². The van der Waals surface area contributed by atoms with Crippen molar-refractivity contribution in [3.05, 3.63) is 145 Å². The molecule has 4 aromatic rings. The number of alkyl halides is 1. The van der Waals surface area contributed by atoms with E-state index in [0.717, 1.165) is 26.6 Å². The molecule has 0 spiro atoms. The molecule has 0 aliphatic heterocycles. The van der Waals surface area contributed by atoms with Gasteiger partial charge in [0.2, 0.25) is 0 Å². The van der Waals surface area contributed by atoms with Gasteiger partial charge in [-0.2, -0.15) is 0 Å². The fraction of sp³-hybridized carbons (Fsp3) is 0.243. The van der Waals surface area contributed by atoms with E-state index in [1.807, 2.05) is 78.9 Å². The molecule has 1 aliphatic carbocycles. The van der Waals surface area contributed by atoms with E-state index in [2.05, 4.69) is 75.9 Å². The number of hydrogen-bond acceptors (Lipinski definition) is 2. The van der Waals surface area contributed by atoms with Crippen LogP contribution in [0.4, 0.5) is 4.39 Å². The molecular formula is C37H40FO2PSi. The SMILES string of the molecule is C=C1[C@@H](O[Si](c2ccccc2)(c2ccccc2)C(C)(C)C)C/C(=C/CP(=O)(c2ccccc2)c2ccccc2)C[C@@H]1F. The van der Waals surface area contributed by atoms with Crippen LogP contribution >= 0.6 is 7.14 Å². The average Bonchev–Trinajstić information content (AvgIpc) is 3.02. The Labute approximate surface area is 251 Å². The molecule has 216 valence electrons. The van der Waals surface area contributed by atoms with Crippen LogP contribution in [0.25, 0.3) is 0 Å². The molecule has 4 aromatic carbocycles. The first kappa shape index (κ1) is 30.2. The number of rotatable bonds is 8. The van der Waals surface area contributed by atoms with Gasteiger partial charge in [-0.3, -0.25) is 0 Å². The standard InChI is InChI=1S/C37H40FO2PSi/c1-29-35(38)27-30(25-26-41(39,31-17-9-5-10-18-31)32-19-11-6-12-20-32)28-36(29)40-42(37(2,3)4,33-21-13-7-14-22-33)34-23-15-8-16-24-34/h5-25,35-36H,1,26-28H2,2-4H3/b30-25+/t35-,36-/m0/s1. The fourth-order valence-corrected chi connectivity index (χ4v) is 13.4. The molecule has 0 aromatic heterocycles. The quantitative estimate of drug-likeness (QED) is 0.120. The average molecular weight is 595 g/mol. The highest BCUT2D eigenvalue weighted by molar-refractivity contribution is 7.78. The molecule has 42 heavy (non-hydrogen) atoms. The van der Waals surface area contributed by atoms with Crippen LogP contribution in [0.2, 0.25) is 5.04 Å². The van der Waals surface area contributed by atoms with Crippen molar-refractivity contribution < 1.29 is 13.4 Å². The second-order valence-corrected chi connectivity index (χ2v) is 19.3. The van der Waals surface area contributed by atoms with Crippen LogP contribution < -0.4 is 21.0 Å². The van der Waals surface area contributed by atoms with Crippen LogP contribution in [0, 0.1) is 0 Å². The van der Waals surface area contributed by atoms with E-state index >= 15 is 4.39 Å². The summed E-state index contributed by atoms with van der Waals surface area (Å²) in [5.41, 5.74) is 1.43. The Morgan fingerprint density at radius 3 is 1.64 bits per heavy atom. The van der Waals surface area contributed by atoms with E-state index in [4.69, 9.17) is 4.43 Å². The maximum atomic E-state index is 15.7. The Bertz CT molecular complexity index is 1480. The van der Waals surface area contributed by atoms with Crippen LogP contribution in [-0.2, 0) is 8.99 Å². The lowest BCUT2D eigenvalue weighted by Crippen LogP contribution is -2.68. The predicted molar refractivity (Wildman–Crippen MR) is 178 cm³/mol. The van der Waals surface area contributed by atoms with Crippen LogP contribution in [-0.4, -0.2) is 26.8 Å². The molecule has 0 saturated heterocycles. The van der Waals surface area contributed by atoms with Crippen LogP contribution in [0.3, 0.4) is 0 Å². The summed E-state index contributed by atoms with van der Waals surface area (Å²) in [4.78, 5) is 0. The highest BCUT2D eigenvalue weighted by Crippen LogP contribution is 2.45. The topological polar surface area (TPSA) is 26.3 Å². The highest BCUT2D eigenvalue weighted by atomic mass is 31.2. The summed E-state index contributed by atoms with van der Waals surface area (Å²) in [7, 11) is -5.87. The van der Waals surface area contributed by atoms with E-state index in [1.54, 1.807) is 0 Å². The highest BCUT2D eigenvalue weighted by Gasteiger charge is 2.52. The monoisotopic (exact) mass is 594 g/mol. The van der Waals surface area contributed by atoms with Gasteiger partial charge in [-0.05, 0) is 27.4 Å². The van der Waals surface area contributed by atoms with Crippen molar-refractivity contribution in [3.63, 3.8) is 0 Å². The maximum absolute atomic E-state index is 15.7. The van der Waals surface area contributed by atoms with Crippen molar-refractivity contribution in [2.24, 2.45) is 0 Å². The molecule has 0 heterocycles. The largest absolute Gasteiger partial charge is 0.400 e. The van der Waals surface area contributed by atoms with Gasteiger partial charge in [-0.15, -0.1) is 0 Å². The molecule has 1 saturated carbocycles. The Morgan fingerprint density at radius 2 is 1.21 bits per heavy atom. The van der Waals surface area contributed by atoms with Crippen molar-refractivity contribution in [1.82, 2.24) is 0 Å². The van der Waals surface area contributed by atoms with Crippen molar-refractivity contribution in [1.29, 1.82) is 0 Å². The zero-order chi connectivity index (χ0) is 29.8. The molecule has 5 rings (SSSR count). The zero-order valence-corrected chi connectivity index (χ0v) is 26.6. The summed E-state index contributed by atoms with van der Waals surface area (Å²) in [6.45, 7) is 10.9. The molecule has 1 fully saturated rings. The first-order valence-corrected chi connectivity index (χ1v) is 18.4. The van der Waals surface area contributed by atoms with Crippen molar-refractivity contribution in [2.75, 3.05) is 6.16 Å². The number of hydrogen-bond donors (Lipinski definition) is 0. The summed E-state index contributed by atoms with van der Waals surface area (Å²) in [6.07, 6.45) is 1.43. The minimum absolute atomic E-state index is 0.237. The van der Waals surface area contributed by atoms with Gasteiger partial charge in [-0.25, -0.2) is 4.39 Å². The predicted octanol–water partition coefficient (Wildman–Crippen LogP) is 7.56. The zero-order valence-electron chi connectivity index (χ0n) is 24.7. The third-order valence-electron chi connectivity index (χ3n) is 8.42. The van der Waals surface area contributed by atoms with Gasteiger partial charge in [0.05, 0.1) is 6.10 Å². The number of benzene rings is 4. The second-order valence-electron chi connectivity index (χ2n) is 12.2. The van der Waals surface area contributed by atoms with E-state index in [9.17, 15) is 4.57 Å². The second kappa shape index (κ2) is 12.5. The van der Waals surface area contributed by atoms with Gasteiger partial charge in [0.25, 0.3) is 8.32 Å². The van der Waals surface area contributed by atoms with E-state index in [1.165, 1.54) is 0 Å². The third-order valence-corrected chi connectivity index (χ3v) is 16.4. The van der Waals surface area contributed by atoms with Gasteiger partial charge >= 0.3 is 0 Å². The van der Waals surface area contributed by atoms with Gasteiger partial charge in [-0.1, -0.05) is 160 Å². The summed E-state index contributed by atoms with van der Waals surface area (Å²) in [6, 6.07) is 40.1. The Morgan fingerprint density at radius 1 is 0.786 bits per heavy atom. The molecule has 0 N–H and O–H groups in total. The fourth-order valence-electron chi connectivity index (χ4n) is 6.16. The molecule has 5 heteroatoms. The number of halogens is 1. The smallest absolute Gasteiger partial charge is 0.261 e. The molecule has 0 radical (unpaired) electrons. The normalized spacial score (nSPS) is 19.1. The molecule has 0 amide bonds. The minimum Gasteiger partial charge on any atom is -0.400 e. The van der Waals surface area contributed by atoms with E-state index in [-0.39, 0.29) is 11.5 Å². The summed E-state index contributed by atoms with van der Waals surface area (Å²) < 4.78 is 37.7. The van der Waals surface area contributed by atoms with Crippen molar-refractivity contribution >= 4 is 36.4 Å². The van der Waals surface area contributed by atoms with E-state index in [0.29, 0.717) is 18.2 Å². The minimum atomic E-state index is -2.96. The van der Waals surface area contributed by atoms with Crippen LogP contribution in [0.15, 0.2) is 145 Å². The van der Waals surface area contributed by atoms with Gasteiger partial charge in [0.15, 0.2) is 0 Å². The van der Waals surface area contributed by atoms with Crippen LogP contribution in [0.1, 0.15) is 33.6 Å². The van der Waals surface area contributed by atoms with Crippen molar-refractivity contribution in [3.8, 4) is 0 Å². The first-order chi connectivity index (χ1) is 20.1. The van der Waals surface area contributed by atoms with Gasteiger partial charge < -0.3 is 8.99 Å². The first-order valence-electron chi connectivity index (χ1n) is 14.6. The molecule has 0 unspecified atom stereocenters. The van der Waals surface area contributed by atoms with E-state index < -0.39 is 27.7 Å². The number of allylic oxidation sites excluding steroid dienone is 1. The van der Waals surface area contributed by atoms with Gasteiger partial charge in [0, 0.05) is 23.2 Å². The van der Waals surface area contributed by atoms with Gasteiger partial charge in [0.1, 0.15) is 13.3 Å². The molecule has 2 nitrogen and oxygen atoms in total.